The molecule has 5 heteroatoms. The van der Waals surface area contributed by atoms with Gasteiger partial charge in [-0.15, -0.1) is 0 Å². The van der Waals surface area contributed by atoms with E-state index in [0.717, 1.165) is 44.9 Å². The lowest BCUT2D eigenvalue weighted by Gasteiger charge is -2.30. The van der Waals surface area contributed by atoms with Crippen molar-refractivity contribution in [3.63, 3.8) is 0 Å². The second-order valence-corrected chi connectivity index (χ2v) is 7.39. The fraction of sp³-hybridized carbons (Fsp3) is 1.00. The number of rotatable bonds is 14. The van der Waals surface area contributed by atoms with Gasteiger partial charge in [0, 0.05) is 6.42 Å². The molecule has 0 aromatic heterocycles. The van der Waals surface area contributed by atoms with Crippen molar-refractivity contribution in [1.82, 2.24) is 0 Å². The van der Waals surface area contributed by atoms with Crippen molar-refractivity contribution in [2.45, 2.75) is 110 Å². The molecule has 23 heavy (non-hydrogen) atoms. The van der Waals surface area contributed by atoms with Crippen molar-refractivity contribution in [3.8, 4) is 0 Å². The maximum atomic E-state index is 9.87. The lowest BCUT2D eigenvalue weighted by Crippen LogP contribution is -2.37. The normalized spacial score (nSPS) is 16.3. The molecule has 140 valence electrons. The first-order valence-corrected chi connectivity index (χ1v) is 9.08. The maximum absolute atomic E-state index is 9.87. The molecule has 0 aliphatic rings. The summed E-state index contributed by atoms with van der Waals surface area (Å²) in [6.07, 6.45) is 7.31. The van der Waals surface area contributed by atoms with Gasteiger partial charge in [0.25, 0.3) is 0 Å². The first-order chi connectivity index (χ1) is 10.7. The highest BCUT2D eigenvalue weighted by molar-refractivity contribution is 4.62. The van der Waals surface area contributed by atoms with Crippen LogP contribution < -0.4 is 0 Å². The molecule has 1 N–H and O–H groups in total. The van der Waals surface area contributed by atoms with E-state index in [0.29, 0.717) is 6.42 Å². The molecule has 0 radical (unpaired) electrons. The second-order valence-electron chi connectivity index (χ2n) is 7.39. The zero-order chi connectivity index (χ0) is 17.8. The third kappa shape index (κ3) is 13.9. The minimum absolute atomic E-state index is 0.145. The van der Waals surface area contributed by atoms with Crippen molar-refractivity contribution in [1.29, 1.82) is 0 Å². The Bertz CT molecular complexity index is 277. The predicted octanol–water partition coefficient (Wildman–Crippen LogP) is 4.92. The largest absolute Gasteiger partial charge is 0.391 e. The van der Waals surface area contributed by atoms with Crippen LogP contribution in [-0.2, 0) is 19.6 Å². The van der Waals surface area contributed by atoms with E-state index in [1.165, 1.54) is 0 Å². The standard InChI is InChI=1S/C18H38O5/c1-7-9-11-13-16(19)15-20-22-18(6,14-12-10-8-2)23-21-17(3,4)5/h16,19H,7-15H2,1-6H3. The Morgan fingerprint density at radius 1 is 0.826 bits per heavy atom. The van der Waals surface area contributed by atoms with Crippen LogP contribution in [-0.4, -0.2) is 29.2 Å². The molecule has 0 rings (SSSR count). The van der Waals surface area contributed by atoms with Gasteiger partial charge in [0.2, 0.25) is 5.79 Å². The average Bonchev–Trinajstić information content (AvgIpc) is 2.45. The number of hydrogen-bond acceptors (Lipinski definition) is 5. The Morgan fingerprint density at radius 2 is 1.43 bits per heavy atom. The van der Waals surface area contributed by atoms with E-state index in [-0.39, 0.29) is 6.61 Å². The molecule has 0 aromatic carbocycles. The molecule has 0 aliphatic heterocycles. The molecule has 0 spiro atoms. The number of aliphatic hydroxyl groups excluding tert-OH is 1. The van der Waals surface area contributed by atoms with Crippen LogP contribution in [0.25, 0.3) is 0 Å². The maximum Gasteiger partial charge on any atom is 0.231 e. The van der Waals surface area contributed by atoms with Crippen LogP contribution in [0.3, 0.4) is 0 Å². The van der Waals surface area contributed by atoms with Gasteiger partial charge in [-0.25, -0.2) is 9.78 Å². The number of aliphatic hydroxyl groups is 1. The third-order valence-electron chi connectivity index (χ3n) is 3.34. The highest BCUT2D eigenvalue weighted by atomic mass is 17.3. The summed E-state index contributed by atoms with van der Waals surface area (Å²) in [6, 6.07) is 0. The predicted molar refractivity (Wildman–Crippen MR) is 91.7 cm³/mol. The van der Waals surface area contributed by atoms with E-state index in [2.05, 4.69) is 13.8 Å². The van der Waals surface area contributed by atoms with Crippen LogP contribution in [0.2, 0.25) is 0 Å². The SMILES string of the molecule is CCCCCC(O)COOC(C)(CCCCC)OOC(C)(C)C. The van der Waals surface area contributed by atoms with Gasteiger partial charge in [-0.3, -0.25) is 0 Å². The van der Waals surface area contributed by atoms with E-state index in [1.54, 1.807) is 6.92 Å². The Balaban J connectivity index is 4.23. The van der Waals surface area contributed by atoms with Crippen LogP contribution in [0.1, 0.15) is 92.9 Å². The topological polar surface area (TPSA) is 57.2 Å². The van der Waals surface area contributed by atoms with Gasteiger partial charge in [0.15, 0.2) is 0 Å². The van der Waals surface area contributed by atoms with Gasteiger partial charge >= 0.3 is 0 Å². The monoisotopic (exact) mass is 334 g/mol. The lowest BCUT2D eigenvalue weighted by molar-refractivity contribution is -0.525. The summed E-state index contributed by atoms with van der Waals surface area (Å²) >= 11 is 0. The summed E-state index contributed by atoms with van der Waals surface area (Å²) in [5.74, 6) is -0.967. The van der Waals surface area contributed by atoms with E-state index < -0.39 is 17.5 Å². The van der Waals surface area contributed by atoms with E-state index in [1.807, 2.05) is 20.8 Å². The summed E-state index contributed by atoms with van der Waals surface area (Å²) in [5.41, 5.74) is -0.422. The summed E-state index contributed by atoms with van der Waals surface area (Å²) in [5, 5.41) is 9.87. The summed E-state index contributed by atoms with van der Waals surface area (Å²) in [7, 11) is 0. The molecule has 0 heterocycles. The highest BCUT2D eigenvalue weighted by Crippen LogP contribution is 2.24. The van der Waals surface area contributed by atoms with E-state index in [4.69, 9.17) is 19.6 Å². The van der Waals surface area contributed by atoms with Crippen LogP contribution in [0.15, 0.2) is 0 Å². The van der Waals surface area contributed by atoms with Crippen molar-refractivity contribution in [3.05, 3.63) is 0 Å². The molecule has 5 nitrogen and oxygen atoms in total. The Morgan fingerprint density at radius 3 is 2.00 bits per heavy atom. The average molecular weight is 334 g/mol. The van der Waals surface area contributed by atoms with Gasteiger partial charge in [-0.2, -0.15) is 9.78 Å². The first kappa shape index (κ1) is 22.8. The minimum Gasteiger partial charge on any atom is -0.391 e. The summed E-state index contributed by atoms with van der Waals surface area (Å²) in [6.45, 7) is 12.0. The Kier molecular flexibility index (Phi) is 12.1. The molecule has 0 bridgehead atoms. The highest BCUT2D eigenvalue weighted by Gasteiger charge is 2.31. The Hall–Kier alpha value is -0.200. The molecule has 0 aromatic rings. The van der Waals surface area contributed by atoms with Crippen molar-refractivity contribution in [2.24, 2.45) is 0 Å². The first-order valence-electron chi connectivity index (χ1n) is 9.08. The number of hydrogen-bond donors (Lipinski definition) is 1. The van der Waals surface area contributed by atoms with Crippen molar-refractivity contribution < 1.29 is 24.7 Å². The van der Waals surface area contributed by atoms with Crippen LogP contribution in [0.5, 0.6) is 0 Å². The second kappa shape index (κ2) is 12.2. The fourth-order valence-corrected chi connectivity index (χ4v) is 1.96. The van der Waals surface area contributed by atoms with Gasteiger partial charge < -0.3 is 5.11 Å². The Labute approximate surface area is 142 Å². The van der Waals surface area contributed by atoms with Crippen LogP contribution >= 0.6 is 0 Å². The molecular weight excluding hydrogens is 296 g/mol. The van der Waals surface area contributed by atoms with Crippen LogP contribution in [0.4, 0.5) is 0 Å². The molecule has 0 aliphatic carbocycles. The number of unbranched alkanes of at least 4 members (excludes halogenated alkanes) is 4. The molecule has 2 atom stereocenters. The zero-order valence-electron chi connectivity index (χ0n) is 16.0. The molecular formula is C18H38O5. The molecule has 0 fully saturated rings. The third-order valence-corrected chi connectivity index (χ3v) is 3.34. The van der Waals surface area contributed by atoms with Gasteiger partial charge in [-0.05, 0) is 40.5 Å². The van der Waals surface area contributed by atoms with Crippen molar-refractivity contribution >= 4 is 0 Å². The summed E-state index contributed by atoms with van der Waals surface area (Å²) in [4.78, 5) is 21.6. The van der Waals surface area contributed by atoms with Gasteiger partial charge in [0.1, 0.15) is 6.61 Å². The zero-order valence-corrected chi connectivity index (χ0v) is 16.0. The summed E-state index contributed by atoms with van der Waals surface area (Å²) < 4.78 is 0. The van der Waals surface area contributed by atoms with Crippen molar-refractivity contribution in [2.75, 3.05) is 6.61 Å². The fourth-order valence-electron chi connectivity index (χ4n) is 1.96. The van der Waals surface area contributed by atoms with Gasteiger partial charge in [-0.1, -0.05) is 46.0 Å². The quantitative estimate of drug-likeness (QED) is 0.211. The molecule has 0 amide bonds. The minimum atomic E-state index is -0.967. The molecule has 2 unspecified atom stereocenters. The van der Waals surface area contributed by atoms with Crippen LogP contribution in [0, 0.1) is 0 Å². The lowest BCUT2D eigenvalue weighted by atomic mass is 10.1. The smallest absolute Gasteiger partial charge is 0.231 e. The molecule has 0 saturated carbocycles. The van der Waals surface area contributed by atoms with E-state index >= 15 is 0 Å². The van der Waals surface area contributed by atoms with Gasteiger partial charge in [0.05, 0.1) is 11.7 Å². The molecule has 0 saturated heterocycles. The van der Waals surface area contributed by atoms with E-state index in [9.17, 15) is 5.11 Å².